The minimum absolute atomic E-state index is 0.0000584. The number of carbonyl (C=O) groups excluding carboxylic acids is 2. The van der Waals surface area contributed by atoms with E-state index < -0.39 is 22.8 Å². The van der Waals surface area contributed by atoms with Crippen molar-refractivity contribution in [2.45, 2.75) is 48.6 Å². The van der Waals surface area contributed by atoms with Gasteiger partial charge in [-0.2, -0.15) is 0 Å². The molecule has 4 aromatic carbocycles. The second-order valence-corrected chi connectivity index (χ2v) is 15.0. The predicted molar refractivity (Wildman–Crippen MR) is 209 cm³/mol. The Morgan fingerprint density at radius 1 is 0.552 bits per heavy atom. The first-order valence-corrected chi connectivity index (χ1v) is 18.7. The van der Waals surface area contributed by atoms with Gasteiger partial charge in [-0.05, 0) is 95.8 Å². The van der Waals surface area contributed by atoms with Crippen LogP contribution in [0.3, 0.4) is 0 Å². The van der Waals surface area contributed by atoms with Gasteiger partial charge in [-0.15, -0.1) is 0 Å². The molecule has 4 heterocycles. The molecular weight excluding hydrogens is 743 g/mol. The first-order chi connectivity index (χ1) is 28.0. The normalized spacial score (nSPS) is 22.0. The summed E-state index contributed by atoms with van der Waals surface area (Å²) < 4.78 is 26.6. The lowest BCUT2D eigenvalue weighted by molar-refractivity contribution is -0.121. The number of para-hydroxylation sites is 2. The molecule has 2 amide bonds. The third-order valence-electron chi connectivity index (χ3n) is 11.8. The van der Waals surface area contributed by atoms with E-state index in [1.807, 2.05) is 48.5 Å². The van der Waals surface area contributed by atoms with E-state index in [-0.39, 0.29) is 59.8 Å². The van der Waals surface area contributed by atoms with Gasteiger partial charge in [0, 0.05) is 23.2 Å². The number of carboxylic acid groups (broad SMARTS) is 2. The van der Waals surface area contributed by atoms with Crippen LogP contribution in [0.2, 0.25) is 0 Å². The molecule has 2 aliphatic heterocycles. The topological polar surface area (TPSA) is 141 Å². The molecule has 0 unspecified atom stereocenters. The Labute approximate surface area is 331 Å². The van der Waals surface area contributed by atoms with Crippen LogP contribution in [0.15, 0.2) is 133 Å². The summed E-state index contributed by atoms with van der Waals surface area (Å²) in [6.07, 6.45) is 1.35. The third kappa shape index (κ3) is 5.99. The fraction of sp³-hybridized carbons (Fsp3) is 0.174. The Kier molecular flexibility index (Phi) is 8.72. The van der Waals surface area contributed by atoms with Crippen molar-refractivity contribution >= 4 is 35.1 Å². The Morgan fingerprint density at radius 3 is 1.31 bits per heavy atom. The highest BCUT2D eigenvalue weighted by Crippen LogP contribution is 2.67. The lowest BCUT2D eigenvalue weighted by Crippen LogP contribution is -2.32. The van der Waals surface area contributed by atoms with E-state index >= 15 is 0 Å². The van der Waals surface area contributed by atoms with E-state index in [4.69, 9.17) is 0 Å². The Morgan fingerprint density at radius 2 is 0.931 bits per heavy atom. The highest BCUT2D eigenvalue weighted by molar-refractivity contribution is 6.12. The summed E-state index contributed by atoms with van der Waals surface area (Å²) in [5.41, 5.74) is 5.13. The highest BCUT2D eigenvalue weighted by atomic mass is 19.1. The molecule has 0 radical (unpaired) electrons. The standard InChI is InChI=1S/2C23H17FN2O3/c2*24-15-10-8-14(9-11-15)18-12-23(18)17-5-1-2-7-20(17)26(22(23)29)13-16-4-3-6-19(25-16)21(27)28/h2*1-11,18H,12-13H2,(H,27,28)/t2*18-,23-/m10/s1. The maximum atomic E-state index is 13.5. The summed E-state index contributed by atoms with van der Waals surface area (Å²) in [6.45, 7) is 0.406. The van der Waals surface area contributed by atoms with Crippen molar-refractivity contribution in [3.8, 4) is 0 Å². The van der Waals surface area contributed by atoms with Gasteiger partial charge in [-0.1, -0.05) is 72.8 Å². The van der Waals surface area contributed by atoms with Gasteiger partial charge < -0.3 is 20.0 Å². The second kappa shape index (κ2) is 13.8. The molecule has 2 fully saturated rings. The molecule has 10 nitrogen and oxygen atoms in total. The second-order valence-electron chi connectivity index (χ2n) is 15.0. The van der Waals surface area contributed by atoms with Gasteiger partial charge in [-0.3, -0.25) is 9.59 Å². The van der Waals surface area contributed by atoms with E-state index in [0.717, 1.165) is 33.6 Å². The van der Waals surface area contributed by atoms with Crippen LogP contribution in [0, 0.1) is 11.6 Å². The van der Waals surface area contributed by atoms with Crippen LogP contribution in [0.4, 0.5) is 20.2 Å². The zero-order chi connectivity index (χ0) is 40.3. The van der Waals surface area contributed by atoms with Crippen molar-refractivity contribution in [3.63, 3.8) is 0 Å². The van der Waals surface area contributed by atoms with E-state index in [0.29, 0.717) is 24.2 Å². The SMILES string of the molecule is O=C(O)c1cccc(CN2C(=O)[C@@]3(C[C@H]3c3ccc(F)cc3)c3ccccc32)n1.O=C(O)c1cccc(CN2C(=O)[C@]3(C[C@@H]3c3ccc(F)cc3)c3ccccc32)n1. The van der Waals surface area contributed by atoms with Crippen LogP contribution in [-0.2, 0) is 33.5 Å². The monoisotopic (exact) mass is 776 g/mol. The van der Waals surface area contributed by atoms with Crippen molar-refractivity contribution < 1.29 is 38.2 Å². The molecule has 10 rings (SSSR count). The predicted octanol–water partition coefficient (Wildman–Crippen LogP) is 7.78. The van der Waals surface area contributed by atoms with Crippen LogP contribution in [0.1, 0.15) is 79.3 Å². The van der Waals surface area contributed by atoms with E-state index in [9.17, 15) is 38.2 Å². The quantitative estimate of drug-likeness (QED) is 0.160. The number of fused-ring (bicyclic) bond motifs is 4. The number of benzene rings is 4. The molecule has 4 aliphatic rings. The summed E-state index contributed by atoms with van der Waals surface area (Å²) in [4.78, 5) is 61.2. The van der Waals surface area contributed by atoms with Crippen LogP contribution in [0.5, 0.6) is 0 Å². The smallest absolute Gasteiger partial charge is 0.354 e. The van der Waals surface area contributed by atoms with Crippen molar-refractivity contribution in [2.75, 3.05) is 9.80 Å². The van der Waals surface area contributed by atoms with Crippen LogP contribution >= 0.6 is 0 Å². The molecule has 0 saturated heterocycles. The van der Waals surface area contributed by atoms with Crippen LogP contribution in [-0.4, -0.2) is 43.9 Å². The highest BCUT2D eigenvalue weighted by Gasteiger charge is 2.68. The fourth-order valence-corrected chi connectivity index (χ4v) is 8.90. The van der Waals surface area contributed by atoms with Crippen molar-refractivity contribution in [1.29, 1.82) is 0 Å². The zero-order valence-electron chi connectivity index (χ0n) is 30.8. The van der Waals surface area contributed by atoms with Crippen LogP contribution in [0.25, 0.3) is 0 Å². The number of hydrogen-bond acceptors (Lipinski definition) is 6. The van der Waals surface area contributed by atoms with Crippen molar-refractivity contribution in [3.05, 3.63) is 190 Å². The number of halogens is 2. The summed E-state index contributed by atoms with van der Waals surface area (Å²) in [5.74, 6) is -2.84. The molecule has 6 aromatic rings. The van der Waals surface area contributed by atoms with Crippen molar-refractivity contribution in [1.82, 2.24) is 9.97 Å². The number of amides is 2. The molecule has 288 valence electrons. The number of aromatic carboxylic acids is 2. The minimum atomic E-state index is -1.10. The fourth-order valence-electron chi connectivity index (χ4n) is 8.90. The molecule has 2 saturated carbocycles. The van der Waals surface area contributed by atoms with E-state index in [1.165, 1.54) is 36.4 Å². The molecule has 4 atom stereocenters. The number of rotatable bonds is 8. The molecule has 12 heteroatoms. The molecule has 58 heavy (non-hydrogen) atoms. The Hall–Kier alpha value is -7.08. The summed E-state index contributed by atoms with van der Waals surface area (Å²) in [7, 11) is 0. The number of aromatic nitrogens is 2. The average Bonchev–Trinajstić information content (AvgIpc) is 4.14. The molecule has 2 spiro atoms. The number of anilines is 2. The van der Waals surface area contributed by atoms with Crippen molar-refractivity contribution in [2.24, 2.45) is 0 Å². The van der Waals surface area contributed by atoms with Gasteiger partial charge in [0.15, 0.2) is 0 Å². The summed E-state index contributed by atoms with van der Waals surface area (Å²) in [6, 6.07) is 37.6. The van der Waals surface area contributed by atoms with Gasteiger partial charge >= 0.3 is 11.9 Å². The van der Waals surface area contributed by atoms with Gasteiger partial charge in [0.2, 0.25) is 11.8 Å². The van der Waals surface area contributed by atoms with E-state index in [1.54, 1.807) is 58.3 Å². The van der Waals surface area contributed by atoms with Crippen LogP contribution < -0.4 is 9.80 Å². The van der Waals surface area contributed by atoms with E-state index in [2.05, 4.69) is 9.97 Å². The zero-order valence-corrected chi connectivity index (χ0v) is 30.8. The lowest BCUT2D eigenvalue weighted by atomic mass is 9.92. The minimum Gasteiger partial charge on any atom is -0.477 e. The number of nitrogens with zero attached hydrogens (tertiary/aromatic N) is 4. The third-order valence-corrected chi connectivity index (χ3v) is 11.8. The van der Waals surface area contributed by atoms with Gasteiger partial charge in [-0.25, -0.2) is 28.3 Å². The Balaban J connectivity index is 0.000000150. The number of pyridine rings is 2. The molecular formula is C46H34F2N4O6. The summed E-state index contributed by atoms with van der Waals surface area (Å²) in [5, 5.41) is 18.4. The van der Waals surface area contributed by atoms with Gasteiger partial charge in [0.1, 0.15) is 23.0 Å². The average molecular weight is 777 g/mol. The first kappa shape index (κ1) is 36.6. The first-order valence-electron chi connectivity index (χ1n) is 18.7. The maximum absolute atomic E-state index is 13.5. The van der Waals surface area contributed by atoms with Gasteiger partial charge in [0.05, 0.1) is 35.3 Å². The molecule has 0 bridgehead atoms. The number of hydrogen-bond donors (Lipinski definition) is 2. The number of carboxylic acids is 2. The molecule has 2 aliphatic carbocycles. The maximum Gasteiger partial charge on any atom is 0.354 e. The summed E-state index contributed by atoms with van der Waals surface area (Å²) >= 11 is 0. The largest absolute Gasteiger partial charge is 0.477 e. The molecule has 2 N–H and O–H groups in total. The lowest BCUT2D eigenvalue weighted by Gasteiger charge is -2.18. The van der Waals surface area contributed by atoms with Gasteiger partial charge in [0.25, 0.3) is 0 Å². The number of carbonyl (C=O) groups is 4. The molecule has 2 aromatic heterocycles. The Bertz CT molecular complexity index is 2470.